The minimum atomic E-state index is 0.0917. The quantitative estimate of drug-likeness (QED) is 0.335. The maximum Gasteiger partial charge on any atom is 0.00875 e. The van der Waals surface area contributed by atoms with Crippen LogP contribution in [0.15, 0.2) is 84.9 Å². The molecule has 0 aliphatic heterocycles. The second-order valence-electron chi connectivity index (χ2n) is 9.07. The van der Waals surface area contributed by atoms with Gasteiger partial charge in [0.1, 0.15) is 0 Å². The van der Waals surface area contributed by atoms with Crippen LogP contribution < -0.4 is 0 Å². The number of benzene rings is 4. The molecule has 29 heavy (non-hydrogen) atoms. The predicted octanol–water partition coefficient (Wildman–Crippen LogP) is 7.94. The Kier molecular flexibility index (Phi) is 3.44. The van der Waals surface area contributed by atoms with Crippen LogP contribution in [0.5, 0.6) is 0 Å². The van der Waals surface area contributed by atoms with Crippen molar-refractivity contribution >= 4 is 33.7 Å². The van der Waals surface area contributed by atoms with Gasteiger partial charge in [-0.05, 0) is 49.2 Å². The molecule has 0 spiro atoms. The zero-order valence-corrected chi connectivity index (χ0v) is 16.9. The molecule has 0 saturated heterocycles. The van der Waals surface area contributed by atoms with Gasteiger partial charge in [-0.15, -0.1) is 0 Å². The number of rotatable bonds is 2. The molecule has 2 aliphatic carbocycles. The summed E-state index contributed by atoms with van der Waals surface area (Å²) in [6.45, 7) is 4.87. The van der Waals surface area contributed by atoms with E-state index in [1.165, 1.54) is 43.8 Å². The van der Waals surface area contributed by atoms with Gasteiger partial charge in [-0.3, -0.25) is 0 Å². The van der Waals surface area contributed by atoms with Crippen LogP contribution in [0.2, 0.25) is 0 Å². The van der Waals surface area contributed by atoms with Crippen molar-refractivity contribution in [3.8, 4) is 0 Å². The fraction of sp³-hybridized carbons (Fsp3) is 0.172. The second-order valence-corrected chi connectivity index (χ2v) is 9.07. The van der Waals surface area contributed by atoms with E-state index in [1.807, 2.05) is 0 Å². The number of fused-ring (bicyclic) bond motifs is 6. The van der Waals surface area contributed by atoms with E-state index in [4.69, 9.17) is 0 Å². The summed E-state index contributed by atoms with van der Waals surface area (Å²) in [5.41, 5.74) is 5.84. The van der Waals surface area contributed by atoms with E-state index in [9.17, 15) is 0 Å². The van der Waals surface area contributed by atoms with Crippen molar-refractivity contribution in [1.29, 1.82) is 0 Å². The summed E-state index contributed by atoms with van der Waals surface area (Å²) < 4.78 is 0. The molecule has 0 N–H and O–H groups in total. The molecule has 140 valence electrons. The summed E-state index contributed by atoms with van der Waals surface area (Å²) in [5, 5.41) is 5.39. The van der Waals surface area contributed by atoms with Crippen molar-refractivity contribution in [3.05, 3.63) is 107 Å². The third kappa shape index (κ3) is 2.32. The topological polar surface area (TPSA) is 0 Å². The predicted molar refractivity (Wildman–Crippen MR) is 125 cm³/mol. The number of allylic oxidation sites excluding steroid dienone is 2. The van der Waals surface area contributed by atoms with Crippen LogP contribution in [0.4, 0.5) is 0 Å². The molecule has 0 heterocycles. The minimum absolute atomic E-state index is 0.0917. The maximum absolute atomic E-state index is 2.44. The van der Waals surface area contributed by atoms with Crippen molar-refractivity contribution in [2.24, 2.45) is 5.41 Å². The second kappa shape index (κ2) is 5.94. The van der Waals surface area contributed by atoms with Crippen LogP contribution in [-0.4, -0.2) is 0 Å². The molecular formula is C29H24. The van der Waals surface area contributed by atoms with E-state index in [2.05, 4.69) is 111 Å². The van der Waals surface area contributed by atoms with Crippen LogP contribution in [0.25, 0.3) is 33.7 Å². The van der Waals surface area contributed by atoms with Crippen LogP contribution in [0.1, 0.15) is 47.9 Å². The molecule has 4 aromatic carbocycles. The first-order chi connectivity index (χ1) is 14.1. The zero-order chi connectivity index (χ0) is 19.6. The van der Waals surface area contributed by atoms with E-state index in [0.717, 1.165) is 0 Å². The highest BCUT2D eigenvalue weighted by molar-refractivity contribution is 5.95. The number of hydrogen-bond acceptors (Lipinski definition) is 0. The molecular weight excluding hydrogens is 348 g/mol. The normalized spacial score (nSPS) is 19.8. The SMILES string of the molecule is CC(C)([C@@H]1C=Cc2c1ccc1ccccc21)[C@@H]1C=Cc2c1ccc1ccccc21. The van der Waals surface area contributed by atoms with Gasteiger partial charge in [0.05, 0.1) is 0 Å². The molecule has 0 bridgehead atoms. The Bertz CT molecular complexity index is 1230. The van der Waals surface area contributed by atoms with Gasteiger partial charge in [0.25, 0.3) is 0 Å². The van der Waals surface area contributed by atoms with E-state index in [0.29, 0.717) is 11.8 Å². The molecule has 2 atom stereocenters. The van der Waals surface area contributed by atoms with Crippen molar-refractivity contribution < 1.29 is 0 Å². The Morgan fingerprint density at radius 3 is 1.48 bits per heavy atom. The lowest BCUT2D eigenvalue weighted by Gasteiger charge is -2.37. The molecule has 6 rings (SSSR count). The smallest absolute Gasteiger partial charge is 0.00875 e. The van der Waals surface area contributed by atoms with E-state index in [1.54, 1.807) is 0 Å². The average molecular weight is 373 g/mol. The summed E-state index contributed by atoms with van der Waals surface area (Å²) in [7, 11) is 0. The van der Waals surface area contributed by atoms with Crippen LogP contribution in [-0.2, 0) is 0 Å². The van der Waals surface area contributed by atoms with Gasteiger partial charge in [0.15, 0.2) is 0 Å². The van der Waals surface area contributed by atoms with Gasteiger partial charge >= 0.3 is 0 Å². The monoisotopic (exact) mass is 372 g/mol. The van der Waals surface area contributed by atoms with Gasteiger partial charge in [0.2, 0.25) is 0 Å². The van der Waals surface area contributed by atoms with Gasteiger partial charge in [-0.2, -0.15) is 0 Å². The van der Waals surface area contributed by atoms with Crippen molar-refractivity contribution in [3.63, 3.8) is 0 Å². The van der Waals surface area contributed by atoms with E-state index in [-0.39, 0.29) is 5.41 Å². The Hall–Kier alpha value is -3.12. The van der Waals surface area contributed by atoms with Gasteiger partial charge in [-0.25, -0.2) is 0 Å². The fourth-order valence-corrected chi connectivity index (χ4v) is 5.62. The van der Waals surface area contributed by atoms with Crippen molar-refractivity contribution in [2.45, 2.75) is 25.7 Å². The van der Waals surface area contributed by atoms with E-state index < -0.39 is 0 Å². The average Bonchev–Trinajstić information content (AvgIpc) is 3.39. The van der Waals surface area contributed by atoms with Crippen LogP contribution >= 0.6 is 0 Å². The number of hydrogen-bond donors (Lipinski definition) is 0. The summed E-state index contributed by atoms with van der Waals surface area (Å²) in [5.74, 6) is 0.823. The molecule has 0 aromatic heterocycles. The summed E-state index contributed by atoms with van der Waals surface area (Å²) in [6, 6.07) is 26.8. The standard InChI is InChI=1S/C29H24/c1-29(2,27-17-15-23-21-9-5-3-7-19(21)11-13-25(23)27)28-18-16-24-22-10-6-4-8-20(22)12-14-26(24)28/h3-18,27-28H,1-2H3/t27-,28-/m1/s1. The Morgan fingerprint density at radius 1 is 0.552 bits per heavy atom. The highest BCUT2D eigenvalue weighted by Crippen LogP contribution is 2.54. The Labute approximate surface area is 172 Å². The largest absolute Gasteiger partial charge is 0.0758 e. The first kappa shape index (κ1) is 16.8. The highest BCUT2D eigenvalue weighted by Gasteiger charge is 2.41. The highest BCUT2D eigenvalue weighted by atomic mass is 14.4. The minimum Gasteiger partial charge on any atom is -0.0758 e. The molecule has 0 fully saturated rings. The maximum atomic E-state index is 2.44. The zero-order valence-electron chi connectivity index (χ0n) is 16.9. The summed E-state index contributed by atoms with van der Waals surface area (Å²) in [6.07, 6.45) is 9.57. The summed E-state index contributed by atoms with van der Waals surface area (Å²) >= 11 is 0. The first-order valence-electron chi connectivity index (χ1n) is 10.5. The van der Waals surface area contributed by atoms with Crippen molar-refractivity contribution in [1.82, 2.24) is 0 Å². The first-order valence-corrected chi connectivity index (χ1v) is 10.5. The molecule has 2 aliphatic rings. The molecule has 0 radical (unpaired) electrons. The lowest BCUT2D eigenvalue weighted by atomic mass is 9.66. The molecule has 0 amide bonds. The summed E-state index contributed by atoms with van der Waals surface area (Å²) in [4.78, 5) is 0. The Morgan fingerprint density at radius 2 is 1.00 bits per heavy atom. The third-order valence-corrected chi connectivity index (χ3v) is 7.19. The molecule has 0 nitrogen and oxygen atoms in total. The Balaban J connectivity index is 1.46. The molecule has 0 saturated carbocycles. The lowest BCUT2D eigenvalue weighted by molar-refractivity contribution is 0.292. The van der Waals surface area contributed by atoms with Gasteiger partial charge in [-0.1, -0.05) is 111 Å². The van der Waals surface area contributed by atoms with E-state index >= 15 is 0 Å². The van der Waals surface area contributed by atoms with Gasteiger partial charge in [0, 0.05) is 11.8 Å². The fourth-order valence-electron chi connectivity index (χ4n) is 5.62. The third-order valence-electron chi connectivity index (χ3n) is 7.19. The lowest BCUT2D eigenvalue weighted by Crippen LogP contribution is -2.26. The van der Waals surface area contributed by atoms with Crippen molar-refractivity contribution in [2.75, 3.05) is 0 Å². The molecule has 0 heteroatoms. The molecule has 4 aromatic rings. The molecule has 0 unspecified atom stereocenters. The van der Waals surface area contributed by atoms with Crippen LogP contribution in [0, 0.1) is 5.41 Å². The van der Waals surface area contributed by atoms with Crippen LogP contribution in [0.3, 0.4) is 0 Å². The van der Waals surface area contributed by atoms with Gasteiger partial charge < -0.3 is 0 Å².